The topological polar surface area (TPSA) is 82.8 Å². The van der Waals surface area contributed by atoms with E-state index in [9.17, 15) is 0 Å². The molecule has 1 aromatic heterocycles. The summed E-state index contributed by atoms with van der Waals surface area (Å²) in [6.45, 7) is 16.3. The summed E-state index contributed by atoms with van der Waals surface area (Å²) in [6, 6.07) is 20.9. The molecule has 3 aromatic rings. The van der Waals surface area contributed by atoms with Crippen LogP contribution in [-0.2, 0) is 17.9 Å². The molecule has 2 atom stereocenters. The second-order valence-corrected chi connectivity index (χ2v) is 20.2. The molecule has 2 aromatic carbocycles. The summed E-state index contributed by atoms with van der Waals surface area (Å²) in [6.07, 6.45) is 29.7. The molecule has 2 aliphatic rings. The van der Waals surface area contributed by atoms with Crippen molar-refractivity contribution >= 4 is 57.4 Å². The van der Waals surface area contributed by atoms with E-state index in [0.29, 0.717) is 16.3 Å². The summed E-state index contributed by atoms with van der Waals surface area (Å²) in [7, 11) is 0. The third-order valence-electron chi connectivity index (χ3n) is 12.1. The number of aromatic nitrogens is 1. The van der Waals surface area contributed by atoms with E-state index in [1.165, 1.54) is 118 Å². The summed E-state index contributed by atoms with van der Waals surface area (Å²) >= 11 is 8.41. The number of nitrogens with zero attached hydrogens (tertiary/aromatic N) is 2. The molecule has 0 saturated heterocycles. The molecule has 2 N–H and O–H groups in total. The molecule has 2 aliphatic heterocycles. The maximum absolute atomic E-state index is 8.27. The number of H-pyrrole nitrogens is 1. The Morgan fingerprint density at radius 3 is 1.66 bits per heavy atom. The maximum atomic E-state index is 8.27. The third-order valence-corrected chi connectivity index (χ3v) is 15.4. The first-order valence-electron chi connectivity index (χ1n) is 23.9. The molecule has 9 heteroatoms. The Bertz CT molecular complexity index is 2210. The Morgan fingerprint density at radius 2 is 1.11 bits per heavy atom. The third kappa shape index (κ3) is 15.5. The molecule has 0 spiro atoms. The fraction of sp³-hybridized carbons (Fsp3) is 0.436. The van der Waals surface area contributed by atoms with E-state index in [1.807, 2.05) is 18.2 Å². The zero-order valence-corrected chi connectivity index (χ0v) is 44.9. The van der Waals surface area contributed by atoms with E-state index in [4.69, 9.17) is 31.8 Å². The van der Waals surface area contributed by atoms with Gasteiger partial charge in [-0.1, -0.05) is 86.1 Å². The number of hydrogen-bond acceptors (Lipinski definition) is 4. The number of unbranched alkanes of at least 4 members (excludes halogenated alkanes) is 8. The van der Waals surface area contributed by atoms with Crippen molar-refractivity contribution in [2.75, 3.05) is 13.2 Å². The number of benzene rings is 2. The van der Waals surface area contributed by atoms with Crippen molar-refractivity contribution in [3.05, 3.63) is 147 Å². The van der Waals surface area contributed by atoms with E-state index in [2.05, 4.69) is 131 Å². The Labute approximate surface area is 411 Å². The van der Waals surface area contributed by atoms with Crippen LogP contribution >= 0.6 is 31.9 Å². The molecular formula is C55H68Br2N4O2Zn-2. The Kier molecular flexibility index (Phi) is 22.3. The molecule has 2 unspecified atom stereocenters. The van der Waals surface area contributed by atoms with Crippen LogP contribution in [-0.4, -0.2) is 33.7 Å². The van der Waals surface area contributed by atoms with Gasteiger partial charge in [-0.3, -0.25) is 18.4 Å². The Morgan fingerprint density at radius 1 is 0.625 bits per heavy atom. The van der Waals surface area contributed by atoms with Gasteiger partial charge >= 0.3 is 268 Å². The number of nitrogens with one attached hydrogen (secondary N) is 2. The van der Waals surface area contributed by atoms with Crippen LogP contribution in [0.1, 0.15) is 153 Å². The summed E-state index contributed by atoms with van der Waals surface area (Å²) in [4.78, 5) is 13.8. The van der Waals surface area contributed by atoms with Crippen LogP contribution in [0.5, 0.6) is 11.5 Å². The van der Waals surface area contributed by atoms with E-state index >= 15 is 0 Å². The summed E-state index contributed by atoms with van der Waals surface area (Å²) < 4.78 is 15.4. The van der Waals surface area contributed by atoms with Gasteiger partial charge in [0.25, 0.3) is 0 Å². The van der Waals surface area contributed by atoms with E-state index in [1.54, 1.807) is 0 Å². The van der Waals surface area contributed by atoms with Gasteiger partial charge in [0.2, 0.25) is 0 Å². The van der Waals surface area contributed by atoms with Crippen LogP contribution in [0, 0.1) is 18.4 Å². The van der Waals surface area contributed by atoms with Crippen LogP contribution < -0.4 is 9.47 Å². The van der Waals surface area contributed by atoms with Crippen molar-refractivity contribution in [1.29, 1.82) is 0 Å². The zero-order chi connectivity index (χ0) is 45.7. The second kappa shape index (κ2) is 27.7. The van der Waals surface area contributed by atoms with Crippen LogP contribution in [0.4, 0.5) is 0 Å². The van der Waals surface area contributed by atoms with Crippen LogP contribution in [0.3, 0.4) is 0 Å². The van der Waals surface area contributed by atoms with E-state index < -0.39 is 0 Å². The molecule has 0 fully saturated rings. The summed E-state index contributed by atoms with van der Waals surface area (Å²) in [5.41, 5.74) is 16.6. The van der Waals surface area contributed by atoms with Gasteiger partial charge in [-0.15, -0.1) is 0 Å². The predicted molar refractivity (Wildman–Crippen MR) is 276 cm³/mol. The number of allylic oxidation sites excluding steroid dienone is 6. The van der Waals surface area contributed by atoms with Gasteiger partial charge in [0.15, 0.2) is 0 Å². The van der Waals surface area contributed by atoms with Gasteiger partial charge in [-0.05, 0) is 18.8 Å². The van der Waals surface area contributed by atoms with E-state index in [0.717, 1.165) is 92.4 Å². The molecule has 3 heterocycles. The summed E-state index contributed by atoms with van der Waals surface area (Å²) in [5, 5.41) is 0. The molecule has 338 valence electrons. The first-order valence-corrected chi connectivity index (χ1v) is 27.0. The Balaban J connectivity index is 1.33. The first-order chi connectivity index (χ1) is 31.2. The fourth-order valence-corrected chi connectivity index (χ4v) is 9.82. The molecule has 0 bridgehead atoms. The van der Waals surface area contributed by atoms with Gasteiger partial charge in [0.05, 0.1) is 6.61 Å². The monoisotopic (exact) mass is 1040 g/mol. The van der Waals surface area contributed by atoms with Crippen molar-refractivity contribution in [2.24, 2.45) is 21.8 Å². The molecule has 5 rings (SSSR count). The molecule has 0 radical (unpaired) electrons. The minimum absolute atomic E-state index is 0.198. The number of aliphatic imine (C=N–C) groups is 2. The fourth-order valence-electron chi connectivity index (χ4n) is 8.11. The molecule has 0 saturated carbocycles. The number of ether oxygens (including phenoxy) is 2. The number of halogens is 2. The number of rotatable bonds is 29. The van der Waals surface area contributed by atoms with Crippen molar-refractivity contribution in [3.8, 4) is 11.5 Å². The number of hydrogen-bond donors (Lipinski definition) is 1. The quantitative estimate of drug-likeness (QED) is 0.0325. The molecule has 0 amide bonds. The standard InChI is InChI=1S/C55H68Br2N4O2.Zn/c1-6-11-15-17-21-41(19-13-8-3)38-62-45-28-23-40(24-29-45)37-44-27-32-51(59-44)55(57)52-36-34-49(61-52)53(48-33-35-50(60-48)54(56)47(58)10-5)43-25-30-46(31-26-43)63-39-42(20-14-9-4)22-18-16-12-7-2;/h5,10,23-36,41-42,58,60H,6-9,11-22,38-39H2,1-4H3;/q-2;/b53-49-,54-47+,55-51+;. The van der Waals surface area contributed by atoms with Crippen molar-refractivity contribution in [1.82, 2.24) is 4.98 Å². The van der Waals surface area contributed by atoms with Crippen molar-refractivity contribution in [2.45, 2.75) is 130 Å². The van der Waals surface area contributed by atoms with Crippen LogP contribution in [0.2, 0.25) is 0 Å². The normalized spacial score (nSPS) is 16.3. The molecule has 6 nitrogen and oxygen atoms in total. The molecule has 0 aliphatic carbocycles. The van der Waals surface area contributed by atoms with Crippen molar-refractivity contribution < 1.29 is 27.3 Å². The summed E-state index contributed by atoms with van der Waals surface area (Å²) in [5.74, 6) is 3.00. The average molecular weight is 1040 g/mol. The average Bonchev–Trinajstić information content (AvgIpc) is 4.13. The van der Waals surface area contributed by atoms with Gasteiger partial charge in [-0.25, -0.2) is 0 Å². The molecule has 64 heavy (non-hydrogen) atoms. The zero-order valence-electron chi connectivity index (χ0n) is 38.8. The first kappa shape index (κ1) is 51.3. The molecular weight excluding hydrogens is 974 g/mol. The van der Waals surface area contributed by atoms with Gasteiger partial charge in [0.1, 0.15) is 5.75 Å². The van der Waals surface area contributed by atoms with E-state index in [-0.39, 0.29) is 5.70 Å². The van der Waals surface area contributed by atoms with Crippen molar-refractivity contribution in [3.63, 3.8) is 0 Å². The van der Waals surface area contributed by atoms with Gasteiger partial charge in [0, 0.05) is 0 Å². The van der Waals surface area contributed by atoms with Crippen LogP contribution in [0.15, 0.2) is 123 Å². The minimum atomic E-state index is 0.198. The van der Waals surface area contributed by atoms with Crippen LogP contribution in [0.25, 0.3) is 15.8 Å². The Hall–Kier alpha value is -3.65. The SMILES string of the molecule is [CH-]=C/C([NH-])=C(\Br)c1ccc(/C(=C2/C=CC(C(/Br)=C3/C=CC([C](=[Zn])c4ccc(OCC(CCCC)CCCCCC)cc4)=N3)=N2)c2ccc(OCC(CCCC)CCCCCC)cc2)[nH]1. The van der Waals surface area contributed by atoms with Gasteiger partial charge < -0.3 is 10.5 Å². The van der Waals surface area contributed by atoms with Gasteiger partial charge in [-0.2, -0.15) is 0 Å². The predicted octanol–water partition coefficient (Wildman–Crippen LogP) is 16.6. The number of aromatic amines is 1. The second-order valence-electron chi connectivity index (χ2n) is 17.2.